The van der Waals surface area contributed by atoms with Gasteiger partial charge < -0.3 is 11.1 Å². The van der Waals surface area contributed by atoms with Gasteiger partial charge in [0.05, 0.1) is 29.7 Å². The number of rotatable bonds is 6. The average molecular weight is 338 g/mol. The van der Waals surface area contributed by atoms with Gasteiger partial charge >= 0.3 is 0 Å². The monoisotopic (exact) mass is 338 g/mol. The van der Waals surface area contributed by atoms with E-state index in [0.29, 0.717) is 19.0 Å². The van der Waals surface area contributed by atoms with Crippen molar-refractivity contribution in [1.29, 1.82) is 0 Å². The van der Waals surface area contributed by atoms with Gasteiger partial charge in [0.2, 0.25) is 11.8 Å². The molecule has 1 fully saturated rings. The van der Waals surface area contributed by atoms with Gasteiger partial charge in [-0.05, 0) is 26.3 Å². The zero-order valence-corrected chi connectivity index (χ0v) is 14.9. The molecule has 1 aromatic rings. The first kappa shape index (κ1) is 17.9. The number of carbonyl (C=O) groups excluding carboxylic acids is 2. The van der Waals surface area contributed by atoms with E-state index >= 15 is 0 Å². The number of likely N-dealkylation sites (tertiary alicyclic amines) is 1. The van der Waals surface area contributed by atoms with Crippen molar-refractivity contribution in [2.45, 2.75) is 46.1 Å². The second-order valence-electron chi connectivity index (χ2n) is 6.47. The van der Waals surface area contributed by atoms with Crippen molar-refractivity contribution in [3.63, 3.8) is 0 Å². The van der Waals surface area contributed by atoms with Crippen LogP contribution in [0.15, 0.2) is 0 Å². The Hall–Kier alpha value is -1.47. The van der Waals surface area contributed by atoms with Crippen molar-refractivity contribution in [2.24, 2.45) is 11.7 Å². The highest BCUT2D eigenvalue weighted by Gasteiger charge is 2.26. The van der Waals surface area contributed by atoms with Crippen LogP contribution < -0.4 is 11.1 Å². The number of amides is 2. The predicted molar refractivity (Wildman–Crippen MR) is 91.1 cm³/mol. The van der Waals surface area contributed by atoms with Crippen molar-refractivity contribution >= 4 is 23.2 Å². The summed E-state index contributed by atoms with van der Waals surface area (Å²) in [6, 6.07) is 0. The first-order valence-corrected chi connectivity index (χ1v) is 8.93. The molecule has 2 amide bonds. The molecule has 1 atom stereocenters. The Morgan fingerprint density at radius 1 is 1.48 bits per heavy atom. The number of aryl methyl sites for hydroxylation is 1. The van der Waals surface area contributed by atoms with Crippen LogP contribution in [0.1, 0.15) is 48.2 Å². The zero-order valence-electron chi connectivity index (χ0n) is 14.1. The van der Waals surface area contributed by atoms with E-state index in [1.54, 1.807) is 11.3 Å². The lowest BCUT2D eigenvalue weighted by molar-refractivity contribution is -0.128. The summed E-state index contributed by atoms with van der Waals surface area (Å²) in [4.78, 5) is 31.0. The predicted octanol–water partition coefficient (Wildman–Crippen LogP) is 1.39. The quantitative estimate of drug-likeness (QED) is 0.820. The first-order valence-electron chi connectivity index (χ1n) is 8.11. The first-order chi connectivity index (χ1) is 10.9. The number of hydrogen-bond donors (Lipinski definition) is 2. The summed E-state index contributed by atoms with van der Waals surface area (Å²) < 4.78 is 0. The van der Waals surface area contributed by atoms with E-state index in [1.807, 2.05) is 11.8 Å². The third-order valence-electron chi connectivity index (χ3n) is 4.08. The Balaban J connectivity index is 1.88. The molecule has 0 saturated carbocycles. The maximum Gasteiger partial charge on any atom is 0.231 e. The summed E-state index contributed by atoms with van der Waals surface area (Å²) in [6.07, 6.45) is 1.78. The summed E-state index contributed by atoms with van der Waals surface area (Å²) in [5.74, 6) is 0.0513. The van der Waals surface area contributed by atoms with E-state index in [9.17, 15) is 9.59 Å². The van der Waals surface area contributed by atoms with Gasteiger partial charge in [-0.1, -0.05) is 13.8 Å². The maximum atomic E-state index is 12.4. The van der Waals surface area contributed by atoms with Gasteiger partial charge in [-0.3, -0.25) is 14.5 Å². The van der Waals surface area contributed by atoms with Gasteiger partial charge in [-0.25, -0.2) is 4.98 Å². The number of primary amides is 1. The van der Waals surface area contributed by atoms with Crippen LogP contribution in [-0.4, -0.2) is 41.3 Å². The van der Waals surface area contributed by atoms with Gasteiger partial charge in [-0.2, -0.15) is 0 Å². The molecule has 7 heteroatoms. The molecule has 0 aliphatic carbocycles. The van der Waals surface area contributed by atoms with Gasteiger partial charge in [0, 0.05) is 17.3 Å². The number of hydrogen-bond acceptors (Lipinski definition) is 5. The van der Waals surface area contributed by atoms with E-state index in [0.717, 1.165) is 35.0 Å². The number of piperidine rings is 1. The van der Waals surface area contributed by atoms with E-state index in [4.69, 9.17) is 5.73 Å². The highest BCUT2D eigenvalue weighted by molar-refractivity contribution is 7.11. The van der Waals surface area contributed by atoms with Gasteiger partial charge in [-0.15, -0.1) is 11.3 Å². The lowest BCUT2D eigenvalue weighted by Gasteiger charge is -2.30. The molecule has 6 nitrogen and oxygen atoms in total. The van der Waals surface area contributed by atoms with Gasteiger partial charge in [0.15, 0.2) is 0 Å². The second kappa shape index (κ2) is 7.88. The largest absolute Gasteiger partial charge is 0.369 e. The summed E-state index contributed by atoms with van der Waals surface area (Å²) in [5, 5.41) is 4.13. The summed E-state index contributed by atoms with van der Waals surface area (Å²) in [6.45, 7) is 8.42. The molecule has 0 bridgehead atoms. The molecule has 2 heterocycles. The Bertz CT molecular complexity index is 570. The average Bonchev–Trinajstić information content (AvgIpc) is 2.86. The lowest BCUT2D eigenvalue weighted by atomic mass is 9.97. The number of aromatic nitrogens is 1. The van der Waals surface area contributed by atoms with Crippen molar-refractivity contribution in [1.82, 2.24) is 15.2 Å². The molecule has 0 unspecified atom stereocenters. The molecule has 2 rings (SSSR count). The highest BCUT2D eigenvalue weighted by atomic mass is 32.1. The van der Waals surface area contributed by atoms with Crippen LogP contribution >= 0.6 is 11.3 Å². The molecule has 1 saturated heterocycles. The number of nitrogens with one attached hydrogen (secondary N) is 1. The molecule has 1 aliphatic rings. The topological polar surface area (TPSA) is 88.3 Å². The Kier molecular flexibility index (Phi) is 6.12. The Labute approximate surface area is 141 Å². The van der Waals surface area contributed by atoms with Crippen LogP contribution in [0.2, 0.25) is 0 Å². The molecule has 1 aromatic heterocycles. The normalized spacial score (nSPS) is 19.0. The van der Waals surface area contributed by atoms with Crippen LogP contribution in [0.5, 0.6) is 0 Å². The van der Waals surface area contributed by atoms with Crippen LogP contribution in [-0.2, 0) is 16.1 Å². The number of nitrogens with zero attached hydrogens (tertiary/aromatic N) is 2. The van der Waals surface area contributed by atoms with Crippen molar-refractivity contribution in [3.8, 4) is 0 Å². The fourth-order valence-electron chi connectivity index (χ4n) is 2.81. The smallest absolute Gasteiger partial charge is 0.231 e. The van der Waals surface area contributed by atoms with Crippen LogP contribution in [0, 0.1) is 12.8 Å². The van der Waals surface area contributed by atoms with Crippen molar-refractivity contribution in [2.75, 3.05) is 19.6 Å². The van der Waals surface area contributed by atoms with Gasteiger partial charge in [0.25, 0.3) is 0 Å². The minimum atomic E-state index is -0.340. The minimum absolute atomic E-state index is 0.0538. The standard InChI is InChI=1S/C16H26N4O2S/c1-10(2)16-19-11(3)13(23-16)7-18-15(22)12-5-4-6-20(8-12)9-14(17)21/h10,12H,4-9H2,1-3H3,(H2,17,21)(H,18,22)/t12-/m1/s1. The number of nitrogens with two attached hydrogens (primary N) is 1. The molecule has 0 aromatic carbocycles. The number of carbonyl (C=O) groups is 2. The molecule has 3 N–H and O–H groups in total. The van der Waals surface area contributed by atoms with Gasteiger partial charge in [0.1, 0.15) is 0 Å². The van der Waals surface area contributed by atoms with E-state index in [2.05, 4.69) is 24.1 Å². The molecule has 128 valence electrons. The maximum absolute atomic E-state index is 12.4. The molecular weight excluding hydrogens is 312 g/mol. The minimum Gasteiger partial charge on any atom is -0.369 e. The SMILES string of the molecule is Cc1nc(C(C)C)sc1CNC(=O)[C@@H]1CCCN(CC(N)=O)C1. The fourth-order valence-corrected chi connectivity index (χ4v) is 3.82. The Morgan fingerprint density at radius 2 is 2.22 bits per heavy atom. The van der Waals surface area contributed by atoms with E-state index in [1.165, 1.54) is 0 Å². The second-order valence-corrected chi connectivity index (χ2v) is 7.59. The van der Waals surface area contributed by atoms with Crippen molar-refractivity contribution in [3.05, 3.63) is 15.6 Å². The Morgan fingerprint density at radius 3 is 2.83 bits per heavy atom. The fraction of sp³-hybridized carbons (Fsp3) is 0.688. The zero-order chi connectivity index (χ0) is 17.0. The third-order valence-corrected chi connectivity index (χ3v) is 5.54. The summed E-state index contributed by atoms with van der Waals surface area (Å²) >= 11 is 1.67. The van der Waals surface area contributed by atoms with Crippen LogP contribution in [0.4, 0.5) is 0 Å². The van der Waals surface area contributed by atoms with E-state index < -0.39 is 0 Å². The van der Waals surface area contributed by atoms with Crippen LogP contribution in [0.25, 0.3) is 0 Å². The summed E-state index contributed by atoms with van der Waals surface area (Å²) in [7, 11) is 0. The van der Waals surface area contributed by atoms with Crippen molar-refractivity contribution < 1.29 is 9.59 Å². The molecule has 1 aliphatic heterocycles. The lowest BCUT2D eigenvalue weighted by Crippen LogP contribution is -2.45. The highest BCUT2D eigenvalue weighted by Crippen LogP contribution is 2.24. The van der Waals surface area contributed by atoms with Crippen LogP contribution in [0.3, 0.4) is 0 Å². The summed E-state index contributed by atoms with van der Waals surface area (Å²) in [5.41, 5.74) is 6.23. The molecule has 23 heavy (non-hydrogen) atoms. The third kappa shape index (κ3) is 5.00. The molecular formula is C16H26N4O2S. The molecule has 0 spiro atoms. The van der Waals surface area contributed by atoms with E-state index in [-0.39, 0.29) is 24.3 Å². The number of thiazole rings is 1. The molecule has 0 radical (unpaired) electrons.